The molecule has 0 saturated heterocycles. The lowest BCUT2D eigenvalue weighted by atomic mass is 10.3. The Kier molecular flexibility index (Phi) is 5.39. The zero-order chi connectivity index (χ0) is 22.3. The van der Waals surface area contributed by atoms with Crippen LogP contribution in [0.4, 0.5) is 30.7 Å². The maximum absolute atomic E-state index is 13.9. The van der Waals surface area contributed by atoms with Crippen LogP contribution in [0.2, 0.25) is 0 Å². The van der Waals surface area contributed by atoms with E-state index in [4.69, 9.17) is 9.47 Å². The number of nitrogens with zero attached hydrogens (tertiary/aromatic N) is 4. The molecule has 0 amide bonds. The van der Waals surface area contributed by atoms with Crippen LogP contribution in [0.25, 0.3) is 0 Å². The van der Waals surface area contributed by atoms with E-state index in [-0.39, 0.29) is 23.9 Å². The summed E-state index contributed by atoms with van der Waals surface area (Å²) in [4.78, 5) is 0. The number of halogens is 7. The zero-order valence-corrected chi connectivity index (χ0v) is 15.3. The van der Waals surface area contributed by atoms with Crippen LogP contribution in [-0.2, 0) is 25.9 Å². The SMILES string of the molecule is CCn1nc(Oc2cc(F)cc(Oc3cc(C(F)(F)F)nn3C)c2)cc1C(F)(F)F. The molecule has 3 aromatic rings. The van der Waals surface area contributed by atoms with E-state index >= 15 is 0 Å². The molecule has 2 aromatic heterocycles. The number of hydrogen-bond acceptors (Lipinski definition) is 4. The summed E-state index contributed by atoms with van der Waals surface area (Å²) in [5.74, 6) is -2.20. The van der Waals surface area contributed by atoms with Crippen molar-refractivity contribution in [2.75, 3.05) is 0 Å². The van der Waals surface area contributed by atoms with Crippen molar-refractivity contribution in [2.24, 2.45) is 7.05 Å². The van der Waals surface area contributed by atoms with Crippen molar-refractivity contribution in [3.63, 3.8) is 0 Å². The van der Waals surface area contributed by atoms with Crippen LogP contribution in [0.3, 0.4) is 0 Å². The molecule has 6 nitrogen and oxygen atoms in total. The lowest BCUT2D eigenvalue weighted by molar-refractivity contribution is -0.144. The first-order chi connectivity index (χ1) is 13.9. The molecule has 13 heteroatoms. The Morgan fingerprint density at radius 3 is 2.00 bits per heavy atom. The molecule has 3 rings (SSSR count). The summed E-state index contributed by atoms with van der Waals surface area (Å²) in [6.45, 7) is 1.36. The predicted octanol–water partition coefficient (Wildman–Crippen LogP) is 5.40. The topological polar surface area (TPSA) is 54.1 Å². The maximum Gasteiger partial charge on any atom is 0.435 e. The number of ether oxygens (including phenoxy) is 2. The van der Waals surface area contributed by atoms with Crippen molar-refractivity contribution in [1.82, 2.24) is 19.6 Å². The van der Waals surface area contributed by atoms with Gasteiger partial charge in [0, 0.05) is 43.9 Å². The predicted molar refractivity (Wildman–Crippen MR) is 87.7 cm³/mol. The third kappa shape index (κ3) is 4.66. The van der Waals surface area contributed by atoms with Gasteiger partial charge < -0.3 is 9.47 Å². The quantitative estimate of drug-likeness (QED) is 0.501. The highest BCUT2D eigenvalue weighted by atomic mass is 19.4. The van der Waals surface area contributed by atoms with Crippen molar-refractivity contribution in [1.29, 1.82) is 0 Å². The molecule has 0 aliphatic carbocycles. The van der Waals surface area contributed by atoms with Gasteiger partial charge in [0.2, 0.25) is 11.8 Å². The first-order valence-electron chi connectivity index (χ1n) is 8.29. The summed E-state index contributed by atoms with van der Waals surface area (Å²) in [5, 5.41) is 6.91. The van der Waals surface area contributed by atoms with Gasteiger partial charge in [-0.1, -0.05) is 0 Å². The minimum Gasteiger partial charge on any atom is -0.439 e. The molecule has 0 aliphatic heterocycles. The summed E-state index contributed by atoms with van der Waals surface area (Å²) in [7, 11) is 1.19. The van der Waals surface area contributed by atoms with Gasteiger partial charge in [0.05, 0.1) is 0 Å². The Balaban J connectivity index is 1.86. The Labute approximate surface area is 164 Å². The van der Waals surface area contributed by atoms with Crippen molar-refractivity contribution in [3.05, 3.63) is 47.5 Å². The second-order valence-corrected chi connectivity index (χ2v) is 6.00. The van der Waals surface area contributed by atoms with E-state index in [2.05, 4.69) is 10.2 Å². The van der Waals surface area contributed by atoms with Gasteiger partial charge in [-0.25, -0.2) is 9.07 Å². The third-order valence-electron chi connectivity index (χ3n) is 3.76. The van der Waals surface area contributed by atoms with Gasteiger partial charge in [-0.05, 0) is 6.92 Å². The first kappa shape index (κ1) is 21.5. The van der Waals surface area contributed by atoms with Crippen LogP contribution in [0, 0.1) is 5.82 Å². The molecule has 30 heavy (non-hydrogen) atoms. The highest BCUT2D eigenvalue weighted by Crippen LogP contribution is 2.35. The molecule has 0 saturated carbocycles. The molecule has 162 valence electrons. The fourth-order valence-electron chi connectivity index (χ4n) is 2.49. The van der Waals surface area contributed by atoms with Crippen LogP contribution >= 0.6 is 0 Å². The third-order valence-corrected chi connectivity index (χ3v) is 3.76. The second kappa shape index (κ2) is 7.54. The second-order valence-electron chi connectivity index (χ2n) is 6.00. The van der Waals surface area contributed by atoms with Crippen LogP contribution in [0.15, 0.2) is 30.3 Å². The molecule has 0 atom stereocenters. The van der Waals surface area contributed by atoms with E-state index in [1.807, 2.05) is 0 Å². The standard InChI is InChI=1S/C17H13F7N4O2/c1-3-28-13(17(22,23)24)8-14(26-28)29-10-4-9(18)5-11(6-10)30-15-7-12(16(19,20)21)25-27(15)2/h4-8H,3H2,1-2H3. The lowest BCUT2D eigenvalue weighted by Gasteiger charge is -2.08. The average molecular weight is 438 g/mol. The van der Waals surface area contributed by atoms with Gasteiger partial charge >= 0.3 is 12.4 Å². The molecule has 0 N–H and O–H groups in total. The molecule has 0 aliphatic rings. The van der Waals surface area contributed by atoms with E-state index in [0.29, 0.717) is 16.8 Å². The Hall–Kier alpha value is -3.25. The van der Waals surface area contributed by atoms with Gasteiger partial charge in [0.1, 0.15) is 23.0 Å². The van der Waals surface area contributed by atoms with E-state index in [9.17, 15) is 30.7 Å². The van der Waals surface area contributed by atoms with Crippen LogP contribution in [0.1, 0.15) is 18.3 Å². The molecular weight excluding hydrogens is 425 g/mol. The van der Waals surface area contributed by atoms with E-state index in [0.717, 1.165) is 22.9 Å². The minimum absolute atomic E-state index is 0.0856. The van der Waals surface area contributed by atoms with Crippen molar-refractivity contribution in [3.8, 4) is 23.3 Å². The zero-order valence-electron chi connectivity index (χ0n) is 15.3. The molecule has 2 heterocycles. The van der Waals surface area contributed by atoms with E-state index in [1.165, 1.54) is 14.0 Å². The number of hydrogen-bond donors (Lipinski definition) is 0. The molecule has 0 spiro atoms. The molecular formula is C17H13F7N4O2. The highest BCUT2D eigenvalue weighted by Gasteiger charge is 2.36. The minimum atomic E-state index is -4.70. The number of alkyl halides is 6. The van der Waals surface area contributed by atoms with Gasteiger partial charge in [-0.3, -0.25) is 4.68 Å². The number of rotatable bonds is 5. The van der Waals surface area contributed by atoms with E-state index < -0.39 is 35.4 Å². The highest BCUT2D eigenvalue weighted by molar-refractivity contribution is 5.38. The summed E-state index contributed by atoms with van der Waals surface area (Å²) < 4.78 is 103. The summed E-state index contributed by atoms with van der Waals surface area (Å²) in [5.41, 5.74) is -2.26. The smallest absolute Gasteiger partial charge is 0.435 e. The fraction of sp³-hybridized carbons (Fsp3) is 0.294. The van der Waals surface area contributed by atoms with Gasteiger partial charge in [0.15, 0.2) is 5.69 Å². The molecule has 0 radical (unpaired) electrons. The van der Waals surface area contributed by atoms with Gasteiger partial charge in [-0.15, -0.1) is 5.10 Å². The van der Waals surface area contributed by atoms with E-state index in [1.54, 1.807) is 0 Å². The lowest BCUT2D eigenvalue weighted by Crippen LogP contribution is -2.13. The monoisotopic (exact) mass is 438 g/mol. The Morgan fingerprint density at radius 1 is 0.867 bits per heavy atom. The normalized spacial score (nSPS) is 12.3. The Morgan fingerprint density at radius 2 is 1.50 bits per heavy atom. The largest absolute Gasteiger partial charge is 0.439 e. The van der Waals surface area contributed by atoms with Crippen molar-refractivity contribution >= 4 is 0 Å². The number of aromatic nitrogens is 4. The van der Waals surface area contributed by atoms with Crippen molar-refractivity contribution in [2.45, 2.75) is 25.8 Å². The van der Waals surface area contributed by atoms with Crippen LogP contribution < -0.4 is 9.47 Å². The molecule has 0 unspecified atom stereocenters. The number of aryl methyl sites for hydroxylation is 2. The van der Waals surface area contributed by atoms with Gasteiger partial charge in [-0.2, -0.15) is 31.4 Å². The fourth-order valence-corrected chi connectivity index (χ4v) is 2.49. The number of benzene rings is 1. The molecule has 0 fully saturated rings. The average Bonchev–Trinajstić information content (AvgIpc) is 3.18. The molecule has 1 aromatic carbocycles. The summed E-state index contributed by atoms with van der Waals surface area (Å²) in [6, 6.07) is 4.06. The first-order valence-corrected chi connectivity index (χ1v) is 8.29. The summed E-state index contributed by atoms with van der Waals surface area (Å²) >= 11 is 0. The maximum atomic E-state index is 13.9. The molecule has 0 bridgehead atoms. The van der Waals surface area contributed by atoms with Crippen molar-refractivity contribution < 1.29 is 40.2 Å². The summed E-state index contributed by atoms with van der Waals surface area (Å²) in [6.07, 6.45) is -9.37. The van der Waals surface area contributed by atoms with Crippen LogP contribution in [0.5, 0.6) is 23.3 Å². The Bertz CT molecular complexity index is 1050. The van der Waals surface area contributed by atoms with Crippen LogP contribution in [-0.4, -0.2) is 19.6 Å². The van der Waals surface area contributed by atoms with Gasteiger partial charge in [0.25, 0.3) is 0 Å².